The average molecular weight is 428 g/mol. The first-order chi connectivity index (χ1) is 14.7. The maximum Gasteiger partial charge on any atom is 0.125 e. The van der Waals surface area contributed by atoms with Crippen LogP contribution >= 0.6 is 0 Å². The molecule has 0 unspecified atom stereocenters. The molecule has 3 aromatic carbocycles. The molecule has 9 N–H and O–H groups in total. The van der Waals surface area contributed by atoms with Gasteiger partial charge in [0.1, 0.15) is 23.9 Å². The monoisotopic (exact) mass is 427 g/mol. The summed E-state index contributed by atoms with van der Waals surface area (Å²) in [6.45, 7) is 4.89. The molecule has 0 amide bonds. The Labute approximate surface area is 181 Å². The van der Waals surface area contributed by atoms with Crippen molar-refractivity contribution >= 4 is 17.1 Å². The number of nitrogens with two attached hydrogens (primary N) is 3. The first-order valence-electron chi connectivity index (χ1n) is 10.0. The van der Waals surface area contributed by atoms with E-state index in [-0.39, 0.29) is 35.7 Å². The molecule has 0 saturated carbocycles. The van der Waals surface area contributed by atoms with Gasteiger partial charge in [0.2, 0.25) is 0 Å². The minimum absolute atomic E-state index is 0.0256. The summed E-state index contributed by atoms with van der Waals surface area (Å²) in [7, 11) is 0. The van der Waals surface area contributed by atoms with Gasteiger partial charge in [-0.3, -0.25) is 0 Å². The maximum atomic E-state index is 13.1. The fraction of sp³-hybridized carbons (Fsp3) is 0.250. The maximum absolute atomic E-state index is 13.1. The van der Waals surface area contributed by atoms with Crippen LogP contribution < -0.4 is 17.2 Å². The molecule has 31 heavy (non-hydrogen) atoms. The van der Waals surface area contributed by atoms with Crippen LogP contribution in [0.4, 0.5) is 21.5 Å². The Balaban J connectivity index is 0.00000166. The van der Waals surface area contributed by atoms with Crippen molar-refractivity contribution in [1.82, 2.24) is 0 Å². The van der Waals surface area contributed by atoms with Crippen molar-refractivity contribution in [3.05, 3.63) is 69.8 Å². The Morgan fingerprint density at radius 1 is 0.613 bits per heavy atom. The van der Waals surface area contributed by atoms with Gasteiger partial charge in [-0.05, 0) is 48.9 Å². The van der Waals surface area contributed by atoms with Gasteiger partial charge in [-0.1, -0.05) is 13.8 Å². The van der Waals surface area contributed by atoms with E-state index in [2.05, 4.69) is 0 Å². The minimum atomic E-state index is -0.855. The smallest absolute Gasteiger partial charge is 0.125 e. The van der Waals surface area contributed by atoms with Crippen molar-refractivity contribution in [3.63, 3.8) is 0 Å². The summed E-state index contributed by atoms with van der Waals surface area (Å²) in [6, 6.07) is 9.40. The highest BCUT2D eigenvalue weighted by Gasteiger charge is 2.16. The van der Waals surface area contributed by atoms with Gasteiger partial charge in [0, 0.05) is 57.7 Å². The summed E-state index contributed by atoms with van der Waals surface area (Å²) in [4.78, 5) is 0. The first kappa shape index (κ1) is 23.7. The van der Waals surface area contributed by atoms with Crippen molar-refractivity contribution in [2.75, 3.05) is 17.2 Å². The minimum Gasteiger partial charge on any atom is -0.507 e. The molecule has 0 radical (unpaired) electrons. The molecule has 0 heterocycles. The number of nitrogen functional groups attached to an aromatic ring is 3. The van der Waals surface area contributed by atoms with E-state index in [1.165, 1.54) is 12.1 Å². The third kappa shape index (κ3) is 5.31. The molecule has 0 fully saturated rings. The Morgan fingerprint density at radius 3 is 1.35 bits per heavy atom. The zero-order chi connectivity index (χ0) is 23.3. The predicted molar refractivity (Wildman–Crippen MR) is 124 cm³/mol. The summed E-state index contributed by atoms with van der Waals surface area (Å²) >= 11 is 0. The molecule has 0 aromatic heterocycles. The highest BCUT2D eigenvalue weighted by Crippen LogP contribution is 2.36. The van der Waals surface area contributed by atoms with E-state index in [0.717, 1.165) is 0 Å². The van der Waals surface area contributed by atoms with E-state index >= 15 is 0 Å². The quantitative estimate of drug-likeness (QED) is 0.261. The zero-order valence-corrected chi connectivity index (χ0v) is 18.0. The third-order valence-corrected chi connectivity index (χ3v) is 4.89. The number of phenolic OH excluding ortho intramolecular Hbond substituents is 3. The van der Waals surface area contributed by atoms with Gasteiger partial charge >= 0.3 is 0 Å². The van der Waals surface area contributed by atoms with Crippen LogP contribution in [0.2, 0.25) is 0 Å². The van der Waals surface area contributed by atoms with Gasteiger partial charge in [-0.2, -0.15) is 0 Å². The number of phenols is 3. The second-order valence-corrected chi connectivity index (χ2v) is 7.21. The molecule has 0 atom stereocenters. The van der Waals surface area contributed by atoms with Crippen molar-refractivity contribution in [2.45, 2.75) is 40.3 Å². The van der Waals surface area contributed by atoms with E-state index in [1.807, 2.05) is 13.8 Å². The lowest BCUT2D eigenvalue weighted by molar-refractivity contribution is 0.428. The number of alkyl halides is 1. The van der Waals surface area contributed by atoms with E-state index in [1.54, 1.807) is 31.2 Å². The molecule has 0 spiro atoms. The lowest BCUT2D eigenvalue weighted by Gasteiger charge is -2.15. The molecule has 0 aliphatic carbocycles. The first-order valence-corrected chi connectivity index (χ1v) is 10.0. The number of hydrogen-bond acceptors (Lipinski definition) is 6. The second-order valence-electron chi connectivity index (χ2n) is 7.21. The van der Waals surface area contributed by atoms with Gasteiger partial charge in [0.05, 0.1) is 0 Å². The molecule has 0 bridgehead atoms. The fourth-order valence-electron chi connectivity index (χ4n) is 3.51. The van der Waals surface area contributed by atoms with Crippen LogP contribution in [0.3, 0.4) is 0 Å². The highest BCUT2D eigenvalue weighted by atomic mass is 19.1. The number of halogens is 1. The third-order valence-electron chi connectivity index (χ3n) is 4.89. The number of aryl methyl sites for hydroxylation is 1. The van der Waals surface area contributed by atoms with Crippen LogP contribution in [0.1, 0.15) is 47.2 Å². The molecule has 3 rings (SSSR count). The van der Waals surface area contributed by atoms with Crippen molar-refractivity contribution < 1.29 is 19.7 Å². The summed E-state index contributed by atoms with van der Waals surface area (Å²) in [5, 5.41) is 31.4. The molecule has 6 nitrogen and oxygen atoms in total. The van der Waals surface area contributed by atoms with Crippen molar-refractivity contribution in [2.24, 2.45) is 0 Å². The van der Waals surface area contributed by atoms with Crippen LogP contribution in [-0.2, 0) is 19.5 Å². The standard InChI is InChI=1S/C22H24FN3O3.C2H6/c1-11-2-17(24)5-12(20(11)27)3-13-6-18(25)7-14(21(13)28)4-15-8-19(26)9-16(10-23)22(15)29;1-2/h2,5-9,27-29H,3-4,10,24-26H2,1H3;1-2H3. The van der Waals surface area contributed by atoms with Crippen LogP contribution in [0.5, 0.6) is 17.2 Å². The molecule has 0 saturated heterocycles. The lowest BCUT2D eigenvalue weighted by atomic mass is 9.94. The zero-order valence-electron chi connectivity index (χ0n) is 18.0. The second kappa shape index (κ2) is 9.93. The summed E-state index contributed by atoms with van der Waals surface area (Å²) in [6.07, 6.45) is 0.315. The van der Waals surface area contributed by atoms with E-state index in [9.17, 15) is 19.7 Å². The Morgan fingerprint density at radius 2 is 0.935 bits per heavy atom. The van der Waals surface area contributed by atoms with E-state index < -0.39 is 6.67 Å². The molecule has 3 aromatic rings. The number of aromatic hydroxyl groups is 3. The van der Waals surface area contributed by atoms with Gasteiger partial charge in [-0.25, -0.2) is 4.39 Å². The van der Waals surface area contributed by atoms with Gasteiger partial charge < -0.3 is 32.5 Å². The van der Waals surface area contributed by atoms with Crippen LogP contribution in [-0.4, -0.2) is 15.3 Å². The SMILES string of the molecule is CC.Cc1cc(N)cc(Cc2cc(N)cc(Cc3cc(N)cc(CF)c3O)c2O)c1O. The van der Waals surface area contributed by atoms with Crippen LogP contribution in [0, 0.1) is 6.92 Å². The molecular weight excluding hydrogens is 397 g/mol. The molecule has 7 heteroatoms. The Hall–Kier alpha value is -3.61. The van der Waals surface area contributed by atoms with Gasteiger partial charge in [0.25, 0.3) is 0 Å². The van der Waals surface area contributed by atoms with E-state index in [0.29, 0.717) is 44.9 Å². The largest absolute Gasteiger partial charge is 0.507 e. The fourth-order valence-corrected chi connectivity index (χ4v) is 3.51. The van der Waals surface area contributed by atoms with E-state index in [4.69, 9.17) is 17.2 Å². The van der Waals surface area contributed by atoms with Crippen LogP contribution in [0.25, 0.3) is 0 Å². The molecule has 0 aliphatic heterocycles. The molecule has 166 valence electrons. The van der Waals surface area contributed by atoms with Crippen molar-refractivity contribution in [3.8, 4) is 17.2 Å². The number of rotatable bonds is 5. The summed E-state index contributed by atoms with van der Waals surface area (Å²) in [5.41, 5.74) is 21.5. The molecular formula is C24H30FN3O3. The number of benzene rings is 3. The predicted octanol–water partition coefficient (Wildman–Crippen LogP) is 4.54. The van der Waals surface area contributed by atoms with Crippen LogP contribution in [0.15, 0.2) is 36.4 Å². The Kier molecular flexibility index (Phi) is 7.58. The summed E-state index contributed by atoms with van der Waals surface area (Å²) in [5.74, 6) is -0.125. The highest BCUT2D eigenvalue weighted by molar-refractivity contribution is 5.60. The molecule has 0 aliphatic rings. The summed E-state index contributed by atoms with van der Waals surface area (Å²) < 4.78 is 13.1. The van der Waals surface area contributed by atoms with Gasteiger partial charge in [-0.15, -0.1) is 0 Å². The topological polar surface area (TPSA) is 139 Å². The van der Waals surface area contributed by atoms with Crippen molar-refractivity contribution in [1.29, 1.82) is 0 Å². The number of hydrogen-bond donors (Lipinski definition) is 6. The average Bonchev–Trinajstić information content (AvgIpc) is 2.73. The van der Waals surface area contributed by atoms with Gasteiger partial charge in [0.15, 0.2) is 0 Å². The number of anilines is 3. The normalized spacial score (nSPS) is 10.5. The lowest BCUT2D eigenvalue weighted by Crippen LogP contribution is -2.01. The Bertz CT molecular complexity index is 1080.